The average molecular weight is 659 g/mol. The molecule has 47 heavy (non-hydrogen) atoms. The van der Waals surface area contributed by atoms with E-state index in [9.17, 15) is 18.0 Å². The van der Waals surface area contributed by atoms with Gasteiger partial charge in [-0.25, -0.2) is 18.7 Å². The van der Waals surface area contributed by atoms with Crippen LogP contribution in [-0.2, 0) is 11.2 Å². The molecule has 2 aromatic heterocycles. The molecule has 7 heterocycles. The highest BCUT2D eigenvalue weighted by atomic mass is 19.4. The van der Waals surface area contributed by atoms with Gasteiger partial charge in [0.1, 0.15) is 29.1 Å². The molecule has 0 radical (unpaired) electrons. The first-order chi connectivity index (χ1) is 22.0. The fraction of sp³-hybridized carbons (Fsp3) is 0.545. The Kier molecular flexibility index (Phi) is 6.27. The molecule has 4 N–H and O–H groups in total. The second-order valence-electron chi connectivity index (χ2n) is 14.7. The molecule has 1 amide bonds. The van der Waals surface area contributed by atoms with Gasteiger partial charge in [-0.3, -0.25) is 4.79 Å². The summed E-state index contributed by atoms with van der Waals surface area (Å²) in [6.45, 7) is 8.31. The third kappa shape index (κ3) is 4.65. The second kappa shape index (κ2) is 9.65. The molecule has 4 bridgehead atoms. The number of anilines is 2. The maximum Gasteiger partial charge on any atom is 0.393 e. The van der Waals surface area contributed by atoms with Gasteiger partial charge in [-0.1, -0.05) is 0 Å². The molecule has 4 unspecified atom stereocenters. The molecular formula is C33H35F5N6O3. The van der Waals surface area contributed by atoms with Gasteiger partial charge in [0.15, 0.2) is 5.82 Å². The molecule has 1 aliphatic carbocycles. The highest BCUT2D eigenvalue weighted by Crippen LogP contribution is 2.52. The van der Waals surface area contributed by atoms with Gasteiger partial charge in [0, 0.05) is 53.2 Å². The van der Waals surface area contributed by atoms with E-state index in [4.69, 9.17) is 20.2 Å². The number of rotatable bonds is 4. The summed E-state index contributed by atoms with van der Waals surface area (Å²) >= 11 is 0. The van der Waals surface area contributed by atoms with Crippen molar-refractivity contribution in [3.63, 3.8) is 0 Å². The van der Waals surface area contributed by atoms with Gasteiger partial charge in [-0.2, -0.15) is 13.2 Å². The Labute approximate surface area is 267 Å². The lowest BCUT2D eigenvalue weighted by Crippen LogP contribution is -2.66. The number of carbonyl (C=O) groups is 1. The zero-order valence-corrected chi connectivity index (χ0v) is 26.4. The number of carbonyl (C=O) groups excluding carboxylic acids is 1. The van der Waals surface area contributed by atoms with Crippen LogP contribution < -0.4 is 26.0 Å². The fourth-order valence-electron chi connectivity index (χ4n) is 8.92. The molecule has 14 heteroatoms. The van der Waals surface area contributed by atoms with E-state index in [-0.39, 0.29) is 56.8 Å². The van der Waals surface area contributed by atoms with Crippen molar-refractivity contribution < 1.29 is 36.2 Å². The van der Waals surface area contributed by atoms with Crippen molar-refractivity contribution in [2.75, 3.05) is 23.8 Å². The minimum atomic E-state index is -4.81. The molecule has 9 rings (SSSR count). The Bertz CT molecular complexity index is 1880. The number of amides is 1. The van der Waals surface area contributed by atoms with Crippen molar-refractivity contribution in [1.29, 1.82) is 0 Å². The zero-order chi connectivity index (χ0) is 33.4. The Hall–Kier alpha value is -3.78. The van der Waals surface area contributed by atoms with Crippen LogP contribution in [0.5, 0.6) is 5.88 Å². The van der Waals surface area contributed by atoms with Crippen molar-refractivity contribution in [3.05, 3.63) is 40.6 Å². The van der Waals surface area contributed by atoms with E-state index >= 15 is 8.78 Å². The quantitative estimate of drug-likeness (QED) is 0.262. The van der Waals surface area contributed by atoms with E-state index in [0.717, 1.165) is 25.0 Å². The van der Waals surface area contributed by atoms with E-state index in [1.165, 1.54) is 6.92 Å². The number of fused-ring (bicyclic) bond motifs is 6. The van der Waals surface area contributed by atoms with Gasteiger partial charge in [0.25, 0.3) is 5.91 Å². The number of halogens is 5. The number of benzene rings is 1. The van der Waals surface area contributed by atoms with Crippen molar-refractivity contribution >= 4 is 28.2 Å². The minimum Gasteiger partial charge on any atom is -0.472 e. The van der Waals surface area contributed by atoms with Crippen LogP contribution in [0.3, 0.4) is 0 Å². The number of alkyl halides is 3. The van der Waals surface area contributed by atoms with Crippen molar-refractivity contribution in [3.8, 4) is 17.1 Å². The van der Waals surface area contributed by atoms with Crippen LogP contribution in [0.4, 0.5) is 33.5 Å². The Balaban J connectivity index is 1.38. The predicted molar refractivity (Wildman–Crippen MR) is 163 cm³/mol. The number of ether oxygens (including phenoxy) is 2. The first kappa shape index (κ1) is 30.5. The monoisotopic (exact) mass is 658 g/mol. The molecule has 5 aliphatic heterocycles. The molecule has 4 saturated heterocycles. The summed E-state index contributed by atoms with van der Waals surface area (Å²) in [7, 11) is 0. The van der Waals surface area contributed by atoms with Crippen LogP contribution in [0, 0.1) is 18.6 Å². The molecule has 1 aromatic carbocycles. The Morgan fingerprint density at radius 1 is 1.19 bits per heavy atom. The van der Waals surface area contributed by atoms with Crippen LogP contribution in [-0.4, -0.2) is 70.1 Å². The van der Waals surface area contributed by atoms with Crippen LogP contribution in [0.2, 0.25) is 0 Å². The van der Waals surface area contributed by atoms with Gasteiger partial charge < -0.3 is 30.7 Å². The first-order valence-electron chi connectivity index (χ1n) is 15.8. The van der Waals surface area contributed by atoms with Gasteiger partial charge in [-0.15, -0.1) is 0 Å². The van der Waals surface area contributed by atoms with Crippen LogP contribution in [0.25, 0.3) is 22.0 Å². The summed E-state index contributed by atoms with van der Waals surface area (Å²) < 4.78 is 85.6. The largest absolute Gasteiger partial charge is 0.472 e. The summed E-state index contributed by atoms with van der Waals surface area (Å²) in [6.07, 6.45) is -3.99. The maximum absolute atomic E-state index is 17.1. The van der Waals surface area contributed by atoms with Gasteiger partial charge in [0.05, 0.1) is 35.6 Å². The molecule has 5 fully saturated rings. The van der Waals surface area contributed by atoms with E-state index in [0.29, 0.717) is 31.8 Å². The Morgan fingerprint density at radius 2 is 1.94 bits per heavy atom. The SMILES string of the molecule is Cc1c(C(=O)NC23COC(C)(C2)C3)nc2c3c(nc(-c4cc(N)cc(F)c4CC(F)(F)F)c(F)c13)OC(C)C1C3CCC(C)(CN21)N3. The highest BCUT2D eigenvalue weighted by Gasteiger charge is 2.61. The van der Waals surface area contributed by atoms with E-state index in [1.807, 2.05) is 13.8 Å². The topological polar surface area (TPSA) is 115 Å². The Morgan fingerprint density at radius 3 is 2.62 bits per heavy atom. The lowest BCUT2D eigenvalue weighted by Gasteiger charge is -2.46. The molecule has 1 saturated carbocycles. The summed E-state index contributed by atoms with van der Waals surface area (Å²) in [5.74, 6) is -2.52. The summed E-state index contributed by atoms with van der Waals surface area (Å²) in [6, 6.07) is 1.56. The molecule has 0 spiro atoms. The highest BCUT2D eigenvalue weighted by molar-refractivity contribution is 6.07. The van der Waals surface area contributed by atoms with Gasteiger partial charge in [0.2, 0.25) is 5.88 Å². The molecule has 3 aromatic rings. The second-order valence-corrected chi connectivity index (χ2v) is 14.7. The standard InChI is InChI=1S/C33H35F5N6O3/c1-14-21-22-27(40-24(14)28(45)43-32-10-31(4,11-32)46-13-32)44-12-30(3)6-5-20(42-30)26(44)15(2)47-29(22)41-25(23(21)35)17-7-16(39)8-19(34)18(17)9-33(36,37)38/h7-8,15,20,26,42H,5-6,9-13,39H2,1-4H3,(H,43,45). The van der Waals surface area contributed by atoms with Crippen LogP contribution in [0.15, 0.2) is 12.1 Å². The van der Waals surface area contributed by atoms with Crippen LogP contribution >= 0.6 is 0 Å². The molecule has 250 valence electrons. The third-order valence-electron chi connectivity index (χ3n) is 10.7. The van der Waals surface area contributed by atoms with Crippen molar-refractivity contribution in [1.82, 2.24) is 20.6 Å². The van der Waals surface area contributed by atoms with Crippen molar-refractivity contribution in [2.45, 2.75) is 101 Å². The van der Waals surface area contributed by atoms with Gasteiger partial charge >= 0.3 is 6.18 Å². The number of nitrogens with one attached hydrogen (secondary N) is 2. The number of aryl methyl sites for hydroxylation is 1. The normalized spacial score (nSPS) is 32.1. The number of aromatic nitrogens is 2. The number of nitrogen functional groups attached to an aromatic ring is 1. The predicted octanol–water partition coefficient (Wildman–Crippen LogP) is 5.10. The van der Waals surface area contributed by atoms with E-state index < -0.39 is 58.6 Å². The first-order valence-corrected chi connectivity index (χ1v) is 15.8. The average Bonchev–Trinajstić information content (AvgIpc) is 3.54. The summed E-state index contributed by atoms with van der Waals surface area (Å²) in [5, 5.41) is 6.90. The van der Waals surface area contributed by atoms with Crippen molar-refractivity contribution in [2.24, 2.45) is 0 Å². The number of piperazine rings is 1. The maximum atomic E-state index is 17.1. The third-order valence-corrected chi connectivity index (χ3v) is 10.7. The smallest absolute Gasteiger partial charge is 0.393 e. The number of pyridine rings is 2. The number of nitrogens with two attached hydrogens (primary N) is 1. The number of hydrogen-bond donors (Lipinski definition) is 3. The fourth-order valence-corrected chi connectivity index (χ4v) is 8.92. The van der Waals surface area contributed by atoms with E-state index in [2.05, 4.69) is 27.4 Å². The molecule has 9 nitrogen and oxygen atoms in total. The van der Waals surface area contributed by atoms with E-state index in [1.54, 1.807) is 0 Å². The molecule has 4 atom stereocenters. The lowest BCUT2D eigenvalue weighted by atomic mass is 9.69. The zero-order valence-electron chi connectivity index (χ0n) is 26.4. The minimum absolute atomic E-state index is 0.0126. The number of nitrogens with zero attached hydrogens (tertiary/aromatic N) is 3. The lowest BCUT2D eigenvalue weighted by molar-refractivity contribution is -0.127. The van der Waals surface area contributed by atoms with Crippen LogP contribution in [0.1, 0.15) is 68.1 Å². The molecule has 6 aliphatic rings. The molecular weight excluding hydrogens is 623 g/mol. The summed E-state index contributed by atoms with van der Waals surface area (Å²) in [5.41, 5.74) is 2.87. The summed E-state index contributed by atoms with van der Waals surface area (Å²) in [4.78, 5) is 25.5. The van der Waals surface area contributed by atoms with Gasteiger partial charge in [-0.05, 0) is 58.2 Å². The number of hydrogen-bond acceptors (Lipinski definition) is 8.